The number of carbonyl (C=O) groups excluding carboxylic acids is 2. The minimum absolute atomic E-state index is 0.0630. The standard InChI is InChI=1S/C49H56N4O6S/c1-6-52-42-14-10-9-13-40(42)48(2,3)44(52)15-12-16-45-49(4,5)41-34-39(60(57,58)59)28-29-43(41)53(45)32-11-7-8-17-46(55)50-30-31-51-47(56)33-37-22-20-35(21-23-37)18-19-36-24-26-38(54)27-25-36/h9-10,12-16,18-29,34H,6-8,11,17,30-33H2,1-5H3,(H3-,50,51,54,55,56,57,58,59)/p+1/b19-18+. The van der Waals surface area contributed by atoms with Crippen LogP contribution in [0.15, 0.2) is 120 Å². The molecule has 0 radical (unpaired) electrons. The monoisotopic (exact) mass is 829 g/mol. The molecule has 2 heterocycles. The minimum atomic E-state index is -4.38. The molecule has 4 aromatic carbocycles. The van der Waals surface area contributed by atoms with Crippen molar-refractivity contribution in [2.24, 2.45) is 0 Å². The van der Waals surface area contributed by atoms with Gasteiger partial charge in [0.25, 0.3) is 10.1 Å². The number of likely N-dealkylation sites (N-methyl/N-ethyl adjacent to an activating group) is 1. The number of anilines is 1. The van der Waals surface area contributed by atoms with E-state index >= 15 is 0 Å². The highest BCUT2D eigenvalue weighted by atomic mass is 32.2. The first-order valence-corrected chi connectivity index (χ1v) is 22.2. The number of hydrogen-bond acceptors (Lipinski definition) is 6. The van der Waals surface area contributed by atoms with Crippen LogP contribution in [0, 0.1) is 0 Å². The molecule has 11 heteroatoms. The zero-order chi connectivity index (χ0) is 43.1. The molecule has 0 fully saturated rings. The average Bonchev–Trinajstić information content (AvgIpc) is 3.57. The summed E-state index contributed by atoms with van der Waals surface area (Å²) in [4.78, 5) is 27.4. The molecule has 0 unspecified atom stereocenters. The van der Waals surface area contributed by atoms with Crippen molar-refractivity contribution in [1.29, 1.82) is 0 Å². The van der Waals surface area contributed by atoms with Gasteiger partial charge < -0.3 is 20.6 Å². The summed E-state index contributed by atoms with van der Waals surface area (Å²) < 4.78 is 36.4. The molecule has 6 rings (SSSR count). The first-order chi connectivity index (χ1) is 28.6. The average molecular weight is 830 g/mol. The van der Waals surface area contributed by atoms with Gasteiger partial charge in [0.2, 0.25) is 17.5 Å². The highest BCUT2D eigenvalue weighted by Gasteiger charge is 2.45. The number of amides is 2. The van der Waals surface area contributed by atoms with Gasteiger partial charge in [0.1, 0.15) is 12.3 Å². The Morgan fingerprint density at radius 3 is 2.08 bits per heavy atom. The molecule has 2 aliphatic heterocycles. The van der Waals surface area contributed by atoms with E-state index in [1.54, 1.807) is 24.3 Å². The van der Waals surface area contributed by atoms with E-state index in [2.05, 4.69) is 97.2 Å². The van der Waals surface area contributed by atoms with Gasteiger partial charge in [-0.1, -0.05) is 86.7 Å². The van der Waals surface area contributed by atoms with Gasteiger partial charge >= 0.3 is 0 Å². The number of benzene rings is 4. The van der Waals surface area contributed by atoms with Crippen molar-refractivity contribution in [1.82, 2.24) is 10.6 Å². The van der Waals surface area contributed by atoms with Crippen molar-refractivity contribution < 1.29 is 32.2 Å². The summed E-state index contributed by atoms with van der Waals surface area (Å²) in [7, 11) is -4.38. The highest BCUT2D eigenvalue weighted by molar-refractivity contribution is 7.85. The summed E-state index contributed by atoms with van der Waals surface area (Å²) in [5.41, 5.74) is 8.61. The maximum atomic E-state index is 12.6. The third-order valence-electron chi connectivity index (χ3n) is 11.5. The summed E-state index contributed by atoms with van der Waals surface area (Å²) in [5, 5.41) is 15.2. The number of phenols is 1. The van der Waals surface area contributed by atoms with Crippen LogP contribution in [0.2, 0.25) is 0 Å². The van der Waals surface area contributed by atoms with Crippen LogP contribution in [-0.4, -0.2) is 66.4 Å². The van der Waals surface area contributed by atoms with Gasteiger partial charge in [-0.3, -0.25) is 14.1 Å². The second kappa shape index (κ2) is 18.6. The SMILES string of the molecule is CCN1C(=CC=CC2=[N+](CCCCCC(=O)NCCNC(=O)Cc3ccc(/C=C/c4ccc(O)cc4)cc3)c3ccc(S(=O)(=O)O)cc3C2(C)C)C(C)(C)c2ccccc21. The van der Waals surface area contributed by atoms with Crippen LogP contribution in [0.4, 0.5) is 11.4 Å². The Hall–Kier alpha value is -5.78. The van der Waals surface area contributed by atoms with Gasteiger partial charge in [0.05, 0.1) is 16.7 Å². The Labute approximate surface area is 354 Å². The maximum absolute atomic E-state index is 12.6. The number of hydrogen-bond donors (Lipinski definition) is 4. The Morgan fingerprint density at radius 1 is 0.767 bits per heavy atom. The molecule has 0 bridgehead atoms. The van der Waals surface area contributed by atoms with Crippen molar-refractivity contribution in [3.8, 4) is 5.75 Å². The summed E-state index contributed by atoms with van der Waals surface area (Å²) in [6, 6.07) is 28.0. The van der Waals surface area contributed by atoms with E-state index in [-0.39, 0.29) is 34.3 Å². The van der Waals surface area contributed by atoms with Crippen LogP contribution in [0.1, 0.15) is 88.1 Å². The topological polar surface area (TPSA) is 139 Å². The second-order valence-corrected chi connectivity index (χ2v) is 17.9. The number of nitrogens with zero attached hydrogens (tertiary/aromatic N) is 2. The first-order valence-electron chi connectivity index (χ1n) is 20.7. The molecular weight excluding hydrogens is 773 g/mol. The van der Waals surface area contributed by atoms with Gasteiger partial charge in [-0.2, -0.15) is 13.0 Å². The number of nitrogens with one attached hydrogen (secondary N) is 2. The first kappa shape index (κ1) is 43.8. The number of rotatable bonds is 17. The van der Waals surface area contributed by atoms with Crippen molar-refractivity contribution in [2.75, 3.05) is 31.1 Å². The second-order valence-electron chi connectivity index (χ2n) is 16.5. The van der Waals surface area contributed by atoms with Crippen LogP contribution in [-0.2, 0) is 37.0 Å². The lowest BCUT2D eigenvalue weighted by Gasteiger charge is -2.25. The van der Waals surface area contributed by atoms with Gasteiger partial charge in [0.15, 0.2) is 5.71 Å². The van der Waals surface area contributed by atoms with Crippen molar-refractivity contribution in [3.63, 3.8) is 0 Å². The number of aromatic hydroxyl groups is 1. The molecule has 0 atom stereocenters. The lowest BCUT2D eigenvalue weighted by atomic mass is 9.81. The van der Waals surface area contributed by atoms with Crippen molar-refractivity contribution in [2.45, 2.75) is 82.4 Å². The number of para-hydroxylation sites is 1. The Balaban J connectivity index is 0.998. The minimum Gasteiger partial charge on any atom is -0.508 e. The Bertz CT molecular complexity index is 2450. The normalized spacial score (nSPS) is 16.2. The van der Waals surface area contributed by atoms with Crippen LogP contribution in [0.25, 0.3) is 12.2 Å². The molecule has 0 aromatic heterocycles. The van der Waals surface area contributed by atoms with E-state index in [9.17, 15) is 27.7 Å². The molecule has 2 amide bonds. The molecule has 0 spiro atoms. The van der Waals surface area contributed by atoms with Crippen LogP contribution < -0.4 is 15.5 Å². The molecule has 2 aliphatic rings. The fourth-order valence-corrected chi connectivity index (χ4v) is 8.77. The van der Waals surface area contributed by atoms with Crippen LogP contribution >= 0.6 is 0 Å². The fourth-order valence-electron chi connectivity index (χ4n) is 8.26. The maximum Gasteiger partial charge on any atom is 0.294 e. The lowest BCUT2D eigenvalue weighted by molar-refractivity contribution is -0.438. The zero-order valence-electron chi connectivity index (χ0n) is 35.2. The van der Waals surface area contributed by atoms with Gasteiger partial charge in [0, 0.05) is 67.0 Å². The van der Waals surface area contributed by atoms with Crippen LogP contribution in [0.3, 0.4) is 0 Å². The third kappa shape index (κ3) is 10.1. The summed E-state index contributed by atoms with van der Waals surface area (Å²) in [6.45, 7) is 13.0. The predicted octanol–water partition coefficient (Wildman–Crippen LogP) is 8.48. The number of unbranched alkanes of at least 4 members (excludes halogenated alkanes) is 2. The molecule has 0 saturated carbocycles. The molecule has 4 N–H and O–H groups in total. The quantitative estimate of drug-likeness (QED) is 0.0363. The lowest BCUT2D eigenvalue weighted by Crippen LogP contribution is -2.35. The molecular formula is C49H57N4O6S+. The molecule has 0 aliphatic carbocycles. The molecule has 314 valence electrons. The Morgan fingerprint density at radius 2 is 1.42 bits per heavy atom. The highest BCUT2D eigenvalue weighted by Crippen LogP contribution is 2.47. The summed E-state index contributed by atoms with van der Waals surface area (Å²) in [5.74, 6) is 0.0494. The van der Waals surface area contributed by atoms with Crippen LogP contribution in [0.5, 0.6) is 5.75 Å². The predicted molar refractivity (Wildman–Crippen MR) is 240 cm³/mol. The fraction of sp³-hybridized carbons (Fsp3) is 0.327. The van der Waals surface area contributed by atoms with E-state index in [1.165, 1.54) is 23.0 Å². The number of carbonyl (C=O) groups is 2. The van der Waals surface area contributed by atoms with Gasteiger partial charge in [-0.25, -0.2) is 0 Å². The molecule has 60 heavy (non-hydrogen) atoms. The molecule has 0 saturated heterocycles. The summed E-state index contributed by atoms with van der Waals surface area (Å²) in [6.07, 6.45) is 13.3. The Kier molecular flexibility index (Phi) is 13.6. The zero-order valence-corrected chi connectivity index (χ0v) is 36.1. The van der Waals surface area contributed by atoms with E-state index in [0.29, 0.717) is 32.5 Å². The largest absolute Gasteiger partial charge is 0.508 e. The number of phenolic OH excluding ortho intramolecular Hbond substituents is 1. The van der Waals surface area contributed by atoms with E-state index in [1.807, 2.05) is 48.6 Å². The number of allylic oxidation sites excluding steroid dienone is 4. The summed E-state index contributed by atoms with van der Waals surface area (Å²) >= 11 is 0. The van der Waals surface area contributed by atoms with Gasteiger partial charge in [-0.15, -0.1) is 0 Å². The van der Waals surface area contributed by atoms with Gasteiger partial charge in [-0.05, 0) is 92.3 Å². The smallest absolute Gasteiger partial charge is 0.294 e. The third-order valence-corrected chi connectivity index (χ3v) is 12.4. The molecule has 4 aromatic rings. The van der Waals surface area contributed by atoms with E-state index < -0.39 is 15.5 Å². The van der Waals surface area contributed by atoms with Crippen molar-refractivity contribution >= 4 is 51.2 Å². The number of fused-ring (bicyclic) bond motifs is 2. The van der Waals surface area contributed by atoms with E-state index in [4.69, 9.17) is 0 Å². The van der Waals surface area contributed by atoms with E-state index in [0.717, 1.165) is 53.0 Å². The molecule has 10 nitrogen and oxygen atoms in total. The van der Waals surface area contributed by atoms with Crippen molar-refractivity contribution in [3.05, 3.63) is 143 Å².